The Morgan fingerprint density at radius 1 is 1.78 bits per heavy atom. The zero-order valence-corrected chi connectivity index (χ0v) is 4.66. The zero-order chi connectivity index (χ0) is 6.69. The summed E-state index contributed by atoms with van der Waals surface area (Å²) in [6.45, 7) is 0. The quantitative estimate of drug-likeness (QED) is 0.412. The summed E-state index contributed by atoms with van der Waals surface area (Å²) >= 11 is 0. The fraction of sp³-hybridized carbons (Fsp3) is 0. The Hall–Kier alpha value is -1.52. The summed E-state index contributed by atoms with van der Waals surface area (Å²) in [4.78, 5) is 12.9. The third-order valence-corrected chi connectivity index (χ3v) is 0.784. The highest BCUT2D eigenvalue weighted by atomic mass is 16.2. The molecule has 1 rings (SSSR count). The lowest BCUT2D eigenvalue weighted by atomic mass is 10.9. The third-order valence-electron chi connectivity index (χ3n) is 0.784. The van der Waals surface area contributed by atoms with Gasteiger partial charge in [-0.05, 0) is 0 Å². The number of aromatic nitrogens is 2. The average Bonchev–Trinajstić information content (AvgIpc) is 2.15. The van der Waals surface area contributed by atoms with Gasteiger partial charge in [-0.1, -0.05) is 0 Å². The highest BCUT2D eigenvalue weighted by molar-refractivity contribution is 5.77. The fourth-order valence-corrected chi connectivity index (χ4v) is 0.486. The maximum absolute atomic E-state index is 10.1. The van der Waals surface area contributed by atoms with Crippen LogP contribution in [-0.2, 0) is 0 Å². The molecule has 1 aromatic rings. The van der Waals surface area contributed by atoms with Gasteiger partial charge in [0.2, 0.25) is 0 Å². The van der Waals surface area contributed by atoms with Crippen molar-refractivity contribution in [3.05, 3.63) is 18.7 Å². The van der Waals surface area contributed by atoms with Crippen molar-refractivity contribution in [2.24, 2.45) is 5.73 Å². The van der Waals surface area contributed by atoms with Crippen molar-refractivity contribution in [2.45, 2.75) is 0 Å². The van der Waals surface area contributed by atoms with E-state index >= 15 is 0 Å². The molecule has 0 unspecified atom stereocenters. The second-order valence-corrected chi connectivity index (χ2v) is 1.49. The van der Waals surface area contributed by atoms with Crippen LogP contribution in [0.2, 0.25) is 0 Å². The lowest BCUT2D eigenvalue weighted by Crippen LogP contribution is -2.48. The SMILES string of the molecule is NC(=O)N[n+]1cc[nH]c1. The van der Waals surface area contributed by atoms with Crippen LogP contribution in [-0.4, -0.2) is 11.0 Å². The van der Waals surface area contributed by atoms with Gasteiger partial charge < -0.3 is 5.73 Å². The van der Waals surface area contributed by atoms with E-state index in [2.05, 4.69) is 10.4 Å². The van der Waals surface area contributed by atoms with Gasteiger partial charge in [0.25, 0.3) is 6.33 Å². The number of hydrogen-bond acceptors (Lipinski definition) is 1. The zero-order valence-electron chi connectivity index (χ0n) is 4.66. The second-order valence-electron chi connectivity index (χ2n) is 1.49. The molecule has 0 aromatic carbocycles. The summed E-state index contributed by atoms with van der Waals surface area (Å²) in [5, 5.41) is 0. The number of imidazole rings is 1. The van der Waals surface area contributed by atoms with Crippen molar-refractivity contribution in [1.29, 1.82) is 0 Å². The Bertz CT molecular complexity index is 192. The van der Waals surface area contributed by atoms with Crippen LogP contribution in [0.25, 0.3) is 0 Å². The first kappa shape index (κ1) is 5.61. The molecule has 0 spiro atoms. The minimum Gasteiger partial charge on any atom is -0.349 e. The average molecular weight is 127 g/mol. The normalized spacial score (nSPS) is 8.89. The van der Waals surface area contributed by atoms with Gasteiger partial charge in [0, 0.05) is 0 Å². The summed E-state index contributed by atoms with van der Waals surface area (Å²) in [6.07, 6.45) is 4.85. The molecule has 1 heterocycles. The van der Waals surface area contributed by atoms with Crippen LogP contribution in [0, 0.1) is 0 Å². The molecule has 0 bridgehead atoms. The predicted molar refractivity (Wildman–Crippen MR) is 29.9 cm³/mol. The van der Waals surface area contributed by atoms with Gasteiger partial charge >= 0.3 is 6.03 Å². The summed E-state index contributed by atoms with van der Waals surface area (Å²) in [5.41, 5.74) is 7.11. The van der Waals surface area contributed by atoms with E-state index in [0.29, 0.717) is 0 Å². The molecule has 0 fully saturated rings. The van der Waals surface area contributed by atoms with Crippen LogP contribution in [0.3, 0.4) is 0 Å². The first-order valence-corrected chi connectivity index (χ1v) is 2.39. The number of nitrogens with two attached hydrogens (primary N) is 1. The van der Waals surface area contributed by atoms with Crippen molar-refractivity contribution in [2.75, 3.05) is 5.43 Å². The Labute approximate surface area is 51.5 Å². The van der Waals surface area contributed by atoms with Gasteiger partial charge in [-0.25, -0.2) is 9.78 Å². The molecular formula is C4H7N4O+. The van der Waals surface area contributed by atoms with E-state index in [1.807, 2.05) is 0 Å². The maximum atomic E-state index is 10.1. The van der Waals surface area contributed by atoms with Crippen LogP contribution < -0.4 is 15.8 Å². The van der Waals surface area contributed by atoms with E-state index in [1.165, 1.54) is 4.68 Å². The van der Waals surface area contributed by atoms with Crippen LogP contribution in [0.1, 0.15) is 0 Å². The minimum absolute atomic E-state index is 0.584. The molecule has 5 nitrogen and oxygen atoms in total. The molecule has 9 heavy (non-hydrogen) atoms. The number of carbonyl (C=O) groups excluding carboxylic acids is 1. The molecule has 1 aromatic heterocycles. The molecule has 0 atom stereocenters. The Kier molecular flexibility index (Phi) is 1.35. The third kappa shape index (κ3) is 1.45. The number of rotatable bonds is 1. The van der Waals surface area contributed by atoms with Crippen LogP contribution in [0.5, 0.6) is 0 Å². The number of amides is 2. The van der Waals surface area contributed by atoms with Crippen molar-refractivity contribution >= 4 is 6.03 Å². The summed E-state index contributed by atoms with van der Waals surface area (Å²) in [7, 11) is 0. The molecule has 2 amide bonds. The molecule has 5 heteroatoms. The number of nitrogens with zero attached hydrogens (tertiary/aromatic N) is 1. The maximum Gasteiger partial charge on any atom is 0.348 e. The monoisotopic (exact) mass is 127 g/mol. The number of aromatic amines is 1. The van der Waals surface area contributed by atoms with Crippen LogP contribution >= 0.6 is 0 Å². The molecule has 0 aliphatic carbocycles. The van der Waals surface area contributed by atoms with Crippen molar-refractivity contribution in [3.8, 4) is 0 Å². The molecule has 0 radical (unpaired) electrons. The minimum atomic E-state index is -0.584. The van der Waals surface area contributed by atoms with E-state index in [9.17, 15) is 4.79 Å². The van der Waals surface area contributed by atoms with Crippen molar-refractivity contribution in [1.82, 2.24) is 4.98 Å². The summed E-state index contributed by atoms with van der Waals surface area (Å²) in [6, 6.07) is -0.584. The Morgan fingerprint density at radius 3 is 3.00 bits per heavy atom. The van der Waals surface area contributed by atoms with Gasteiger partial charge in [-0.2, -0.15) is 5.43 Å². The number of H-pyrrole nitrogens is 1. The smallest absolute Gasteiger partial charge is 0.348 e. The molecular weight excluding hydrogens is 120 g/mol. The van der Waals surface area contributed by atoms with Gasteiger partial charge in [0.05, 0.1) is 0 Å². The van der Waals surface area contributed by atoms with Gasteiger partial charge in [-0.3, -0.25) is 0 Å². The van der Waals surface area contributed by atoms with E-state index < -0.39 is 6.03 Å². The summed E-state index contributed by atoms with van der Waals surface area (Å²) < 4.78 is 1.42. The lowest BCUT2D eigenvalue weighted by Gasteiger charge is -1.90. The first-order valence-electron chi connectivity index (χ1n) is 2.39. The molecule has 0 saturated heterocycles. The second kappa shape index (κ2) is 2.17. The number of nitrogens with one attached hydrogen (secondary N) is 2. The van der Waals surface area contributed by atoms with E-state index in [1.54, 1.807) is 18.7 Å². The standard InChI is InChI=1S/C4H6N4O/c5-4(9)7-8-2-1-6-3-8/h1-3H,(H3,5,7,9)/p+1. The summed E-state index contributed by atoms with van der Waals surface area (Å²) in [5.74, 6) is 0. The van der Waals surface area contributed by atoms with Gasteiger partial charge in [0.15, 0.2) is 6.20 Å². The van der Waals surface area contributed by atoms with E-state index in [4.69, 9.17) is 5.73 Å². The van der Waals surface area contributed by atoms with Crippen molar-refractivity contribution in [3.63, 3.8) is 0 Å². The number of carbonyl (C=O) groups is 1. The lowest BCUT2D eigenvalue weighted by molar-refractivity contribution is -0.639. The predicted octanol–water partition coefficient (Wildman–Crippen LogP) is -1.08. The van der Waals surface area contributed by atoms with Crippen molar-refractivity contribution < 1.29 is 9.47 Å². The number of urea groups is 1. The molecule has 4 N–H and O–H groups in total. The molecule has 48 valence electrons. The van der Waals surface area contributed by atoms with E-state index in [0.717, 1.165) is 0 Å². The van der Waals surface area contributed by atoms with Gasteiger partial charge in [0.1, 0.15) is 6.20 Å². The highest BCUT2D eigenvalue weighted by Crippen LogP contribution is 1.63. The van der Waals surface area contributed by atoms with E-state index in [-0.39, 0.29) is 0 Å². The molecule has 0 aliphatic heterocycles. The first-order chi connectivity index (χ1) is 4.29. The number of hydrogen-bond donors (Lipinski definition) is 3. The van der Waals surface area contributed by atoms with Crippen LogP contribution in [0.15, 0.2) is 18.7 Å². The Balaban J connectivity index is 2.58. The molecule has 0 saturated carbocycles. The largest absolute Gasteiger partial charge is 0.349 e. The number of primary amides is 1. The van der Waals surface area contributed by atoms with Gasteiger partial charge in [-0.15, -0.1) is 4.68 Å². The fourth-order valence-electron chi connectivity index (χ4n) is 0.486. The highest BCUT2D eigenvalue weighted by Gasteiger charge is 1.96. The Morgan fingerprint density at radius 2 is 2.56 bits per heavy atom. The topological polar surface area (TPSA) is 74.8 Å². The van der Waals surface area contributed by atoms with Crippen LogP contribution in [0.4, 0.5) is 4.79 Å². The molecule has 0 aliphatic rings.